The molecule has 0 amide bonds. The van der Waals surface area contributed by atoms with Crippen molar-refractivity contribution in [3.63, 3.8) is 0 Å². The molecule has 0 spiro atoms. The van der Waals surface area contributed by atoms with Crippen molar-refractivity contribution in [3.8, 4) is 0 Å². The van der Waals surface area contributed by atoms with E-state index in [1.54, 1.807) is 0 Å². The fourth-order valence-corrected chi connectivity index (χ4v) is 10.2. The van der Waals surface area contributed by atoms with E-state index in [2.05, 4.69) is 43.4 Å². The van der Waals surface area contributed by atoms with E-state index in [-0.39, 0.29) is 6.10 Å². The van der Waals surface area contributed by atoms with Crippen LogP contribution in [0.15, 0.2) is 0 Å². The van der Waals surface area contributed by atoms with Crippen molar-refractivity contribution < 1.29 is 12.6 Å². The molecule has 4 rings (SSSR count). The van der Waals surface area contributed by atoms with Gasteiger partial charge in [0.15, 0.2) is 0 Å². The summed E-state index contributed by atoms with van der Waals surface area (Å²) in [6.45, 7) is 7.76. The Morgan fingerprint density at radius 1 is 1.00 bits per heavy atom. The van der Waals surface area contributed by atoms with Crippen molar-refractivity contribution in [3.05, 3.63) is 0 Å². The van der Waals surface area contributed by atoms with E-state index in [1.807, 2.05) is 0 Å². The van der Waals surface area contributed by atoms with Gasteiger partial charge in [0.2, 0.25) is 0 Å². The molecule has 0 bridgehead atoms. The highest BCUT2D eigenvalue weighted by Crippen LogP contribution is 2.68. The van der Waals surface area contributed by atoms with Gasteiger partial charge in [-0.05, 0) is 121 Å². The van der Waals surface area contributed by atoms with Crippen molar-refractivity contribution in [2.45, 2.75) is 97.5 Å². The average Bonchev–Trinajstić information content (AvgIpc) is 3.02. The summed E-state index contributed by atoms with van der Waals surface area (Å²) in [6, 6.07) is 0. The minimum Gasteiger partial charge on any atom is -0.267 e. The number of halogens is 1. The van der Waals surface area contributed by atoms with E-state index >= 15 is 0 Å². The largest absolute Gasteiger partial charge is 0.267 e. The van der Waals surface area contributed by atoms with Crippen molar-refractivity contribution in [1.29, 1.82) is 0 Å². The Morgan fingerprint density at radius 2 is 1.70 bits per heavy atom. The minimum absolute atomic E-state index is 0.0851. The Bertz CT molecular complexity index is 724. The summed E-state index contributed by atoms with van der Waals surface area (Å²) in [6.07, 6.45) is 15.3. The molecule has 0 heterocycles. The highest BCUT2D eigenvalue weighted by molar-refractivity contribution is 14.1. The smallest absolute Gasteiger partial charge is 0.264 e. The molecule has 0 aromatic rings. The first kappa shape index (κ1) is 23.8. The molecule has 0 N–H and O–H groups in total. The Balaban J connectivity index is 1.48. The lowest BCUT2D eigenvalue weighted by molar-refractivity contribution is -0.126. The summed E-state index contributed by atoms with van der Waals surface area (Å²) < 4.78 is 30.0. The van der Waals surface area contributed by atoms with Gasteiger partial charge in [0.1, 0.15) is 0 Å². The summed E-state index contributed by atoms with van der Waals surface area (Å²) >= 11 is 2.53. The number of fused-ring (bicyclic) bond motifs is 5. The lowest BCUT2D eigenvalue weighted by Gasteiger charge is -2.61. The van der Waals surface area contributed by atoms with Crippen LogP contribution in [0.1, 0.15) is 91.4 Å². The predicted octanol–water partition coefficient (Wildman–Crippen LogP) is 6.84. The Kier molecular flexibility index (Phi) is 6.96. The van der Waals surface area contributed by atoms with Crippen LogP contribution in [-0.4, -0.2) is 25.2 Å². The summed E-state index contributed by atoms with van der Waals surface area (Å²) in [5.74, 6) is 5.11. The van der Waals surface area contributed by atoms with Crippen molar-refractivity contribution in [1.82, 2.24) is 0 Å². The molecular formula is C25H43IO3S. The second-order valence-electron chi connectivity index (χ2n) is 11.9. The van der Waals surface area contributed by atoms with Gasteiger partial charge in [-0.3, -0.25) is 4.18 Å². The molecule has 5 heteroatoms. The number of rotatable bonds is 6. The van der Waals surface area contributed by atoms with Crippen LogP contribution in [0.4, 0.5) is 0 Å². The number of alkyl halides is 1. The number of hydrogen-bond donors (Lipinski definition) is 0. The first-order chi connectivity index (χ1) is 14.1. The normalized spacial score (nSPS) is 47.2. The fraction of sp³-hybridized carbons (Fsp3) is 1.00. The molecule has 4 aliphatic carbocycles. The van der Waals surface area contributed by atoms with Gasteiger partial charge in [0, 0.05) is 0 Å². The molecule has 9 atom stereocenters. The molecular weight excluding hydrogens is 507 g/mol. The third kappa shape index (κ3) is 4.26. The second-order valence-corrected chi connectivity index (χ2v) is 14.6. The van der Waals surface area contributed by atoms with Gasteiger partial charge in [0.25, 0.3) is 10.1 Å². The molecule has 30 heavy (non-hydrogen) atoms. The maximum atomic E-state index is 11.7. The van der Waals surface area contributed by atoms with Crippen molar-refractivity contribution >= 4 is 32.7 Å². The fourth-order valence-electron chi connectivity index (χ4n) is 9.13. The zero-order valence-electron chi connectivity index (χ0n) is 19.5. The van der Waals surface area contributed by atoms with E-state index in [1.165, 1.54) is 62.0 Å². The molecule has 0 aromatic carbocycles. The van der Waals surface area contributed by atoms with E-state index in [0.29, 0.717) is 16.7 Å². The monoisotopic (exact) mass is 550 g/mol. The zero-order chi connectivity index (χ0) is 21.7. The van der Waals surface area contributed by atoms with Crippen LogP contribution in [0.3, 0.4) is 0 Å². The van der Waals surface area contributed by atoms with Crippen LogP contribution in [-0.2, 0) is 14.3 Å². The molecule has 0 radical (unpaired) electrons. The molecule has 0 unspecified atom stereocenters. The third-order valence-corrected chi connectivity index (χ3v) is 11.9. The summed E-state index contributed by atoms with van der Waals surface area (Å²) in [5, 5.41) is 0. The SMILES string of the molecule is C[C@H](CCCI)[C@H]1CC[C@H]2[C@@H]3CC[C@@H]4C[C@H](OS(C)(=O)=O)CC[C@]4(C)[C@H]3CC[C@]12C. The zero-order valence-corrected chi connectivity index (χ0v) is 22.5. The maximum Gasteiger partial charge on any atom is 0.264 e. The van der Waals surface area contributed by atoms with E-state index < -0.39 is 10.1 Å². The van der Waals surface area contributed by atoms with Gasteiger partial charge in [0.05, 0.1) is 12.4 Å². The first-order valence-electron chi connectivity index (χ1n) is 12.5. The molecule has 3 nitrogen and oxygen atoms in total. The van der Waals surface area contributed by atoms with Crippen LogP contribution in [0.5, 0.6) is 0 Å². The van der Waals surface area contributed by atoms with Crippen LogP contribution in [0.2, 0.25) is 0 Å². The van der Waals surface area contributed by atoms with E-state index in [9.17, 15) is 8.42 Å². The standard InChI is InChI=1S/C25H43IO3S/c1-17(6-5-15-26)21-9-10-22-20-8-7-18-16-19(29-30(4,27)28)11-13-24(18,2)23(20)12-14-25(21,22)3/h17-23H,5-16H2,1-4H3/t17-,18-,19-,20+,21-,22+,23+,24+,25-/m1/s1. The average molecular weight is 551 g/mol. The summed E-state index contributed by atoms with van der Waals surface area (Å²) in [5.41, 5.74) is 0.957. The van der Waals surface area contributed by atoms with Crippen molar-refractivity contribution in [2.24, 2.45) is 46.3 Å². The molecule has 4 fully saturated rings. The topological polar surface area (TPSA) is 43.4 Å². The molecule has 0 aromatic heterocycles. The third-order valence-electron chi connectivity index (χ3n) is 10.5. The lowest BCUT2D eigenvalue weighted by Crippen LogP contribution is -2.54. The highest BCUT2D eigenvalue weighted by Gasteiger charge is 2.60. The van der Waals surface area contributed by atoms with Gasteiger partial charge in [-0.2, -0.15) is 8.42 Å². The summed E-state index contributed by atoms with van der Waals surface area (Å²) in [4.78, 5) is 0. The molecule has 4 aliphatic rings. The van der Waals surface area contributed by atoms with Gasteiger partial charge in [-0.25, -0.2) is 0 Å². The van der Waals surface area contributed by atoms with Crippen LogP contribution in [0.25, 0.3) is 0 Å². The number of hydrogen-bond acceptors (Lipinski definition) is 3. The van der Waals surface area contributed by atoms with Crippen molar-refractivity contribution in [2.75, 3.05) is 10.7 Å². The Morgan fingerprint density at radius 3 is 2.40 bits per heavy atom. The minimum atomic E-state index is -3.35. The van der Waals surface area contributed by atoms with Crippen LogP contribution in [0, 0.1) is 46.3 Å². The van der Waals surface area contributed by atoms with Gasteiger partial charge in [-0.15, -0.1) is 0 Å². The molecule has 174 valence electrons. The highest BCUT2D eigenvalue weighted by atomic mass is 127. The quantitative estimate of drug-likeness (QED) is 0.207. The van der Waals surface area contributed by atoms with Gasteiger partial charge < -0.3 is 0 Å². The molecule has 0 aliphatic heterocycles. The first-order valence-corrected chi connectivity index (χ1v) is 15.9. The maximum absolute atomic E-state index is 11.7. The van der Waals surface area contributed by atoms with Gasteiger partial charge >= 0.3 is 0 Å². The van der Waals surface area contributed by atoms with Gasteiger partial charge in [-0.1, -0.05) is 43.4 Å². The van der Waals surface area contributed by atoms with E-state index in [4.69, 9.17) is 4.18 Å². The second kappa shape index (κ2) is 8.77. The summed E-state index contributed by atoms with van der Waals surface area (Å²) in [7, 11) is -3.35. The predicted molar refractivity (Wildman–Crippen MR) is 132 cm³/mol. The Labute approximate surface area is 199 Å². The lowest BCUT2D eigenvalue weighted by atomic mass is 9.44. The van der Waals surface area contributed by atoms with E-state index in [0.717, 1.165) is 48.9 Å². The molecule has 0 saturated heterocycles. The van der Waals surface area contributed by atoms with Crippen LogP contribution < -0.4 is 0 Å². The molecule has 4 saturated carbocycles. The van der Waals surface area contributed by atoms with Crippen LogP contribution >= 0.6 is 22.6 Å². The Hall–Kier alpha value is 0.640.